The molecule has 15 heavy (non-hydrogen) atoms. The highest BCUT2D eigenvalue weighted by Crippen LogP contribution is 2.18. The van der Waals surface area contributed by atoms with Gasteiger partial charge in [0.15, 0.2) is 0 Å². The molecule has 0 radical (unpaired) electrons. The summed E-state index contributed by atoms with van der Waals surface area (Å²) in [6, 6.07) is 4.03. The quantitative estimate of drug-likeness (QED) is 0.750. The minimum absolute atomic E-state index is 0.315. The first kappa shape index (κ1) is 9.64. The summed E-state index contributed by atoms with van der Waals surface area (Å²) in [5.74, 6) is 0. The van der Waals surface area contributed by atoms with Gasteiger partial charge >= 0.3 is 5.69 Å². The molecule has 0 amide bonds. The largest absolute Gasteiger partial charge is 0.365 e. The topological polar surface area (TPSA) is 63.6 Å². The third kappa shape index (κ3) is 1.56. The lowest BCUT2D eigenvalue weighted by Gasteiger charge is -2.08. The van der Waals surface area contributed by atoms with Crippen LogP contribution in [0.5, 0.6) is 0 Å². The Morgan fingerprint density at radius 1 is 1.20 bits per heavy atom. The second-order valence-electron chi connectivity index (χ2n) is 3.67. The van der Waals surface area contributed by atoms with Gasteiger partial charge in [0.25, 0.3) is 0 Å². The molecular formula is C10H12N4O. The predicted octanol–water partition coefficient (Wildman–Crippen LogP) is 0.881. The summed E-state index contributed by atoms with van der Waals surface area (Å²) in [5, 5.41) is 9.50. The number of aromatic amines is 1. The second-order valence-corrected chi connectivity index (χ2v) is 3.67. The fraction of sp³-hybridized carbons (Fsp3) is 0.300. The van der Waals surface area contributed by atoms with E-state index in [1.807, 2.05) is 32.9 Å². The zero-order chi connectivity index (χ0) is 11.0. The number of nitrogens with zero attached hydrogens (tertiary/aromatic N) is 3. The summed E-state index contributed by atoms with van der Waals surface area (Å²) < 4.78 is 1.28. The van der Waals surface area contributed by atoms with Crippen molar-refractivity contribution < 1.29 is 0 Å². The van der Waals surface area contributed by atoms with Gasteiger partial charge in [0.05, 0.1) is 5.69 Å². The second kappa shape index (κ2) is 3.34. The molecule has 0 unspecified atom stereocenters. The molecule has 0 aliphatic heterocycles. The Kier molecular flexibility index (Phi) is 2.15. The number of H-pyrrole nitrogens is 1. The number of nitrogens with one attached hydrogen (secondary N) is 1. The Morgan fingerprint density at radius 2 is 1.80 bits per heavy atom. The van der Waals surface area contributed by atoms with Crippen molar-refractivity contribution in [2.24, 2.45) is 0 Å². The first-order chi connectivity index (χ1) is 7.09. The van der Waals surface area contributed by atoms with Crippen LogP contribution < -0.4 is 5.69 Å². The fourth-order valence-electron chi connectivity index (χ4n) is 1.85. The highest BCUT2D eigenvalue weighted by atomic mass is 16.2. The number of aromatic nitrogens is 4. The number of hydrogen-bond acceptors (Lipinski definition) is 3. The minimum atomic E-state index is -0.315. The number of tetrazole rings is 1. The molecule has 78 valence electrons. The van der Waals surface area contributed by atoms with E-state index in [-0.39, 0.29) is 5.69 Å². The van der Waals surface area contributed by atoms with Crippen LogP contribution >= 0.6 is 0 Å². The molecule has 1 aromatic heterocycles. The molecule has 0 bridgehead atoms. The molecule has 1 heterocycles. The van der Waals surface area contributed by atoms with Crippen molar-refractivity contribution in [1.82, 2.24) is 20.2 Å². The molecule has 1 aromatic carbocycles. The van der Waals surface area contributed by atoms with E-state index in [0.717, 1.165) is 16.8 Å². The molecule has 0 fully saturated rings. The lowest BCUT2D eigenvalue weighted by molar-refractivity contribution is 0.771. The molecule has 0 saturated heterocycles. The van der Waals surface area contributed by atoms with Gasteiger partial charge < -0.3 is 0 Å². The Hall–Kier alpha value is -1.91. The molecule has 2 aromatic rings. The molecule has 0 aliphatic rings. The Bertz CT molecular complexity index is 530. The zero-order valence-corrected chi connectivity index (χ0v) is 8.90. The van der Waals surface area contributed by atoms with E-state index in [1.165, 1.54) is 10.2 Å². The Morgan fingerprint density at radius 3 is 2.27 bits per heavy atom. The molecule has 5 heteroatoms. The lowest BCUT2D eigenvalue weighted by Crippen LogP contribution is -2.18. The Balaban J connectivity index is 2.74. The van der Waals surface area contributed by atoms with Crippen LogP contribution in [0.15, 0.2) is 16.9 Å². The van der Waals surface area contributed by atoms with Crippen LogP contribution in [-0.4, -0.2) is 20.2 Å². The summed E-state index contributed by atoms with van der Waals surface area (Å²) in [6.07, 6.45) is 0. The SMILES string of the molecule is Cc1cc(C)c(-n2nn[nH]c2=O)c(C)c1. The van der Waals surface area contributed by atoms with E-state index < -0.39 is 0 Å². The third-order valence-electron chi connectivity index (χ3n) is 2.32. The van der Waals surface area contributed by atoms with Crippen LogP contribution in [0.2, 0.25) is 0 Å². The number of aryl methyl sites for hydroxylation is 3. The van der Waals surface area contributed by atoms with E-state index in [4.69, 9.17) is 0 Å². The predicted molar refractivity (Wildman–Crippen MR) is 56.2 cm³/mol. The van der Waals surface area contributed by atoms with Crippen molar-refractivity contribution in [2.45, 2.75) is 20.8 Å². The van der Waals surface area contributed by atoms with Crippen LogP contribution in [0.4, 0.5) is 0 Å². The van der Waals surface area contributed by atoms with Crippen molar-refractivity contribution in [3.63, 3.8) is 0 Å². The van der Waals surface area contributed by atoms with Crippen LogP contribution in [0.1, 0.15) is 16.7 Å². The van der Waals surface area contributed by atoms with Gasteiger partial charge in [0.2, 0.25) is 0 Å². The van der Waals surface area contributed by atoms with E-state index in [2.05, 4.69) is 15.5 Å². The van der Waals surface area contributed by atoms with Gasteiger partial charge in [-0.1, -0.05) is 17.7 Å². The molecular weight excluding hydrogens is 192 g/mol. The molecule has 1 N–H and O–H groups in total. The molecule has 2 rings (SSSR count). The normalized spacial score (nSPS) is 10.6. The highest BCUT2D eigenvalue weighted by molar-refractivity contribution is 5.48. The average Bonchev–Trinajstić information content (AvgIpc) is 2.50. The van der Waals surface area contributed by atoms with Crippen LogP contribution in [-0.2, 0) is 0 Å². The zero-order valence-electron chi connectivity index (χ0n) is 8.90. The van der Waals surface area contributed by atoms with Crippen molar-refractivity contribution in [2.75, 3.05) is 0 Å². The van der Waals surface area contributed by atoms with Gasteiger partial charge in [-0.15, -0.1) is 0 Å². The van der Waals surface area contributed by atoms with Gasteiger partial charge in [0, 0.05) is 0 Å². The smallest absolute Gasteiger partial charge is 0.244 e. The van der Waals surface area contributed by atoms with Gasteiger partial charge in [-0.25, -0.2) is 9.89 Å². The summed E-state index contributed by atoms with van der Waals surface area (Å²) >= 11 is 0. The molecule has 0 atom stereocenters. The molecule has 0 spiro atoms. The fourth-order valence-corrected chi connectivity index (χ4v) is 1.85. The maximum absolute atomic E-state index is 11.4. The number of rotatable bonds is 1. The molecule has 5 nitrogen and oxygen atoms in total. The van der Waals surface area contributed by atoms with E-state index in [9.17, 15) is 4.79 Å². The molecule has 0 saturated carbocycles. The monoisotopic (exact) mass is 204 g/mol. The first-order valence-electron chi connectivity index (χ1n) is 4.68. The van der Waals surface area contributed by atoms with Crippen LogP contribution in [0.3, 0.4) is 0 Å². The summed E-state index contributed by atoms with van der Waals surface area (Å²) in [4.78, 5) is 11.4. The van der Waals surface area contributed by atoms with Crippen LogP contribution in [0, 0.1) is 20.8 Å². The minimum Gasteiger partial charge on any atom is -0.244 e. The highest BCUT2D eigenvalue weighted by Gasteiger charge is 2.09. The van der Waals surface area contributed by atoms with Crippen molar-refractivity contribution in [1.29, 1.82) is 0 Å². The van der Waals surface area contributed by atoms with Gasteiger partial charge in [-0.3, -0.25) is 0 Å². The van der Waals surface area contributed by atoms with Gasteiger partial charge in [-0.2, -0.15) is 4.68 Å². The van der Waals surface area contributed by atoms with Crippen molar-refractivity contribution in [3.8, 4) is 5.69 Å². The Labute approximate surface area is 86.7 Å². The lowest BCUT2D eigenvalue weighted by atomic mass is 10.1. The standard InChI is InChI=1S/C10H12N4O/c1-6-4-7(2)9(8(3)5-6)14-10(15)11-12-13-14/h4-5H,1-3H3,(H,11,13,15). The average molecular weight is 204 g/mol. The number of benzene rings is 1. The summed E-state index contributed by atoms with van der Waals surface area (Å²) in [5.41, 5.74) is 3.70. The van der Waals surface area contributed by atoms with E-state index in [1.54, 1.807) is 0 Å². The van der Waals surface area contributed by atoms with Crippen LogP contribution in [0.25, 0.3) is 5.69 Å². The maximum Gasteiger partial charge on any atom is 0.365 e. The summed E-state index contributed by atoms with van der Waals surface area (Å²) in [6.45, 7) is 5.93. The van der Waals surface area contributed by atoms with Gasteiger partial charge in [-0.05, 0) is 42.3 Å². The van der Waals surface area contributed by atoms with E-state index in [0.29, 0.717) is 0 Å². The van der Waals surface area contributed by atoms with Gasteiger partial charge in [0.1, 0.15) is 0 Å². The number of hydrogen-bond donors (Lipinski definition) is 1. The maximum atomic E-state index is 11.4. The third-order valence-corrected chi connectivity index (χ3v) is 2.32. The molecule has 0 aliphatic carbocycles. The first-order valence-corrected chi connectivity index (χ1v) is 4.68. The summed E-state index contributed by atoms with van der Waals surface area (Å²) in [7, 11) is 0. The van der Waals surface area contributed by atoms with Crippen molar-refractivity contribution in [3.05, 3.63) is 39.3 Å². The van der Waals surface area contributed by atoms with Crippen molar-refractivity contribution >= 4 is 0 Å². The van der Waals surface area contributed by atoms with E-state index >= 15 is 0 Å².